The number of alkyl halides is 1. The van der Waals surface area contributed by atoms with E-state index < -0.39 is 30.4 Å². The highest BCUT2D eigenvalue weighted by Crippen LogP contribution is 2.30. The Balaban J connectivity index is 0.00000163. The van der Waals surface area contributed by atoms with E-state index in [0.717, 1.165) is 11.3 Å². The maximum atomic E-state index is 11.8. The van der Waals surface area contributed by atoms with E-state index in [4.69, 9.17) is 18.9 Å². The van der Waals surface area contributed by atoms with Crippen molar-refractivity contribution >= 4 is 29.2 Å². The van der Waals surface area contributed by atoms with Gasteiger partial charge in [-0.3, -0.25) is 4.79 Å². The molecule has 0 amide bonds. The van der Waals surface area contributed by atoms with Crippen LogP contribution in [0, 0.1) is 6.92 Å². The summed E-state index contributed by atoms with van der Waals surface area (Å²) >= 11 is 4.64. The van der Waals surface area contributed by atoms with E-state index in [1.54, 1.807) is 7.05 Å². The van der Waals surface area contributed by atoms with Gasteiger partial charge in [0.1, 0.15) is 11.9 Å². The number of halogens is 1. The lowest BCUT2D eigenvalue weighted by Gasteiger charge is -2.33. The van der Waals surface area contributed by atoms with Crippen molar-refractivity contribution in [2.24, 2.45) is 0 Å². The predicted molar refractivity (Wildman–Crippen MR) is 98.6 cm³/mol. The third kappa shape index (κ3) is 6.38. The standard InChI is InChI=1S/C17H23NO6.CH3Cl/c1-10-5-6-14(13(7-10)18-3)23-16-9-12(22-11(2)19)8-15(24-16)17(20)21-4;1-2/h5-7,12,15-16,18H,8-9H2,1-4H3;1H3/t12?,15-,16?;/m0./s1. The van der Waals surface area contributed by atoms with Gasteiger partial charge in [0.15, 0.2) is 6.10 Å². The molecule has 1 N–H and O–H groups in total. The summed E-state index contributed by atoms with van der Waals surface area (Å²) in [4.78, 5) is 23.0. The number of benzene rings is 1. The number of esters is 2. The van der Waals surface area contributed by atoms with Gasteiger partial charge in [-0.15, -0.1) is 11.6 Å². The van der Waals surface area contributed by atoms with Gasteiger partial charge in [0.25, 0.3) is 0 Å². The molecule has 1 aliphatic heterocycles. The highest BCUT2D eigenvalue weighted by Gasteiger charge is 2.37. The van der Waals surface area contributed by atoms with Crippen LogP contribution in [-0.2, 0) is 23.8 Å². The summed E-state index contributed by atoms with van der Waals surface area (Å²) < 4.78 is 21.5. The predicted octanol–water partition coefficient (Wildman–Crippen LogP) is 2.88. The van der Waals surface area contributed by atoms with Gasteiger partial charge < -0.3 is 24.3 Å². The van der Waals surface area contributed by atoms with E-state index in [1.807, 2.05) is 25.1 Å². The molecule has 8 heteroatoms. The van der Waals surface area contributed by atoms with Crippen LogP contribution >= 0.6 is 11.6 Å². The molecule has 2 unspecified atom stereocenters. The molecular formula is C18H26ClNO6. The fraction of sp³-hybridized carbons (Fsp3) is 0.556. The number of hydrogen-bond acceptors (Lipinski definition) is 7. The smallest absolute Gasteiger partial charge is 0.335 e. The summed E-state index contributed by atoms with van der Waals surface area (Å²) in [6.45, 7) is 3.31. The van der Waals surface area contributed by atoms with Gasteiger partial charge in [0.2, 0.25) is 6.29 Å². The highest BCUT2D eigenvalue weighted by atomic mass is 35.5. The quantitative estimate of drug-likeness (QED) is 0.614. The Hall–Kier alpha value is -1.99. The zero-order valence-corrected chi connectivity index (χ0v) is 16.5. The lowest BCUT2D eigenvalue weighted by molar-refractivity contribution is -0.204. The van der Waals surface area contributed by atoms with Crippen LogP contribution in [0.4, 0.5) is 5.69 Å². The average Bonchev–Trinajstić information content (AvgIpc) is 2.63. The van der Waals surface area contributed by atoms with E-state index >= 15 is 0 Å². The first kappa shape index (κ1) is 22.1. The number of carbonyl (C=O) groups excluding carboxylic acids is 2. The van der Waals surface area contributed by atoms with Crippen molar-refractivity contribution in [3.8, 4) is 5.75 Å². The average molecular weight is 388 g/mol. The Morgan fingerprint density at radius 1 is 1.27 bits per heavy atom. The SMILES string of the molecule is CCl.CNc1cc(C)ccc1OC1CC(OC(C)=O)C[C@@H](C(=O)OC)O1. The number of anilines is 1. The molecule has 0 aromatic heterocycles. The second kappa shape index (κ2) is 10.9. The number of carbonyl (C=O) groups is 2. The van der Waals surface area contributed by atoms with Gasteiger partial charge in [0, 0.05) is 33.2 Å². The van der Waals surface area contributed by atoms with Crippen molar-refractivity contribution in [1.29, 1.82) is 0 Å². The van der Waals surface area contributed by atoms with Crippen LogP contribution < -0.4 is 10.1 Å². The summed E-state index contributed by atoms with van der Waals surface area (Å²) in [5.74, 6) is -0.325. The summed E-state index contributed by atoms with van der Waals surface area (Å²) in [5, 5.41) is 3.06. The molecule has 1 fully saturated rings. The molecule has 0 radical (unpaired) electrons. The second-order valence-corrected chi connectivity index (χ2v) is 5.65. The Kier molecular flexibility index (Phi) is 9.23. The summed E-state index contributed by atoms with van der Waals surface area (Å²) in [5.41, 5.74) is 1.89. The van der Waals surface area contributed by atoms with Crippen LogP contribution in [-0.4, -0.2) is 51.0 Å². The molecule has 7 nitrogen and oxygen atoms in total. The summed E-state index contributed by atoms with van der Waals surface area (Å²) in [6.07, 6.45) is 0.0423. The minimum Gasteiger partial charge on any atom is -0.467 e. The van der Waals surface area contributed by atoms with Crippen LogP contribution in [0.3, 0.4) is 0 Å². The van der Waals surface area contributed by atoms with Gasteiger partial charge in [-0.05, 0) is 24.6 Å². The minimum absolute atomic E-state index is 0.249. The van der Waals surface area contributed by atoms with Crippen LogP contribution in [0.25, 0.3) is 0 Å². The molecule has 146 valence electrons. The van der Waals surface area contributed by atoms with Crippen LogP contribution in [0.5, 0.6) is 5.75 Å². The fourth-order valence-corrected chi connectivity index (χ4v) is 2.62. The number of ether oxygens (including phenoxy) is 4. The van der Waals surface area contributed by atoms with Crippen LogP contribution in [0.2, 0.25) is 0 Å². The van der Waals surface area contributed by atoms with E-state index in [2.05, 4.69) is 16.9 Å². The monoisotopic (exact) mass is 387 g/mol. The second-order valence-electron chi connectivity index (χ2n) is 5.65. The Morgan fingerprint density at radius 3 is 2.54 bits per heavy atom. The van der Waals surface area contributed by atoms with Gasteiger partial charge in [-0.1, -0.05) is 6.07 Å². The fourth-order valence-electron chi connectivity index (χ4n) is 2.62. The number of nitrogens with one attached hydrogen (secondary N) is 1. The Labute approximate surface area is 158 Å². The van der Waals surface area contributed by atoms with Crippen LogP contribution in [0.1, 0.15) is 25.3 Å². The zero-order chi connectivity index (χ0) is 19.7. The topological polar surface area (TPSA) is 83.1 Å². The molecule has 0 spiro atoms. The number of aryl methyl sites for hydroxylation is 1. The number of hydrogen-bond donors (Lipinski definition) is 1. The molecule has 1 aliphatic rings. The van der Waals surface area contributed by atoms with E-state index in [9.17, 15) is 9.59 Å². The molecule has 1 aromatic carbocycles. The van der Waals surface area contributed by atoms with Crippen LogP contribution in [0.15, 0.2) is 18.2 Å². The maximum absolute atomic E-state index is 11.8. The van der Waals surface area contributed by atoms with Crippen molar-refractivity contribution in [3.05, 3.63) is 23.8 Å². The van der Waals surface area contributed by atoms with Crippen molar-refractivity contribution in [1.82, 2.24) is 0 Å². The minimum atomic E-state index is -0.832. The van der Waals surface area contributed by atoms with E-state index in [1.165, 1.54) is 20.4 Å². The Bertz CT molecular complexity index is 609. The lowest BCUT2D eigenvalue weighted by Crippen LogP contribution is -2.44. The molecule has 2 rings (SSSR count). The first-order valence-electron chi connectivity index (χ1n) is 8.16. The highest BCUT2D eigenvalue weighted by molar-refractivity contribution is 6.15. The first-order valence-corrected chi connectivity index (χ1v) is 8.92. The van der Waals surface area contributed by atoms with E-state index in [0.29, 0.717) is 12.2 Å². The normalized spacial score (nSPS) is 21.7. The Morgan fingerprint density at radius 2 is 1.96 bits per heavy atom. The van der Waals surface area contributed by atoms with Crippen molar-refractivity contribution in [2.45, 2.75) is 45.2 Å². The molecule has 1 heterocycles. The molecule has 0 saturated carbocycles. The molecule has 1 saturated heterocycles. The summed E-state index contributed by atoms with van der Waals surface area (Å²) in [7, 11) is 3.08. The molecular weight excluding hydrogens is 362 g/mol. The number of methoxy groups -OCH3 is 1. The third-order valence-electron chi connectivity index (χ3n) is 3.71. The van der Waals surface area contributed by atoms with Gasteiger partial charge in [0.05, 0.1) is 12.8 Å². The molecule has 3 atom stereocenters. The zero-order valence-electron chi connectivity index (χ0n) is 15.7. The third-order valence-corrected chi connectivity index (χ3v) is 3.71. The van der Waals surface area contributed by atoms with Crippen molar-refractivity contribution in [2.75, 3.05) is 25.9 Å². The van der Waals surface area contributed by atoms with Gasteiger partial charge in [-0.2, -0.15) is 0 Å². The molecule has 26 heavy (non-hydrogen) atoms. The van der Waals surface area contributed by atoms with Crippen molar-refractivity contribution in [3.63, 3.8) is 0 Å². The van der Waals surface area contributed by atoms with Gasteiger partial charge >= 0.3 is 11.9 Å². The van der Waals surface area contributed by atoms with E-state index in [-0.39, 0.29) is 6.42 Å². The first-order chi connectivity index (χ1) is 12.4. The molecule has 0 aliphatic carbocycles. The van der Waals surface area contributed by atoms with Gasteiger partial charge in [-0.25, -0.2) is 4.79 Å². The molecule has 0 bridgehead atoms. The molecule has 1 aromatic rings. The largest absolute Gasteiger partial charge is 0.467 e. The summed E-state index contributed by atoms with van der Waals surface area (Å²) in [6, 6.07) is 5.69. The number of rotatable bonds is 5. The van der Waals surface area contributed by atoms with Crippen molar-refractivity contribution < 1.29 is 28.5 Å². The maximum Gasteiger partial charge on any atom is 0.335 e. The lowest BCUT2D eigenvalue weighted by atomic mass is 10.0.